The molecule has 2 aromatic carbocycles. The highest BCUT2D eigenvalue weighted by Gasteiger charge is 2.42. The van der Waals surface area contributed by atoms with Crippen LogP contribution in [0, 0.1) is 0 Å². The molecule has 24 heavy (non-hydrogen) atoms. The molecule has 0 aliphatic carbocycles. The van der Waals surface area contributed by atoms with E-state index in [0.717, 1.165) is 29.7 Å². The summed E-state index contributed by atoms with van der Waals surface area (Å²) in [6, 6.07) is 18.3. The van der Waals surface area contributed by atoms with Gasteiger partial charge in [-0.3, -0.25) is 0 Å². The molecule has 2 aliphatic rings. The number of ether oxygens (including phenoxy) is 1. The molecule has 2 nitrogen and oxygen atoms in total. The first kappa shape index (κ1) is 16.0. The topological polar surface area (TPSA) is 29.5 Å². The van der Waals surface area contributed by atoms with Crippen molar-refractivity contribution in [2.24, 2.45) is 0 Å². The quantitative estimate of drug-likeness (QED) is 0.858. The van der Waals surface area contributed by atoms with Crippen molar-refractivity contribution in [2.75, 3.05) is 0 Å². The third-order valence-corrected chi connectivity index (χ3v) is 6.76. The van der Waals surface area contributed by atoms with E-state index in [0.29, 0.717) is 17.1 Å². The van der Waals surface area contributed by atoms with Gasteiger partial charge in [-0.15, -0.1) is 0 Å². The van der Waals surface area contributed by atoms with Gasteiger partial charge in [0.25, 0.3) is 0 Å². The Balaban J connectivity index is 1.49. The summed E-state index contributed by atoms with van der Waals surface area (Å²) in [6.45, 7) is 0.559. The normalized spacial score (nSPS) is 29.2. The molecule has 0 amide bonds. The van der Waals surface area contributed by atoms with Gasteiger partial charge < -0.3 is 9.84 Å². The Morgan fingerprint density at radius 3 is 2.50 bits per heavy atom. The van der Waals surface area contributed by atoms with Crippen molar-refractivity contribution in [1.29, 1.82) is 0 Å². The minimum absolute atomic E-state index is 0.559. The lowest BCUT2D eigenvalue weighted by Crippen LogP contribution is -2.40. The second-order valence-electron chi connectivity index (χ2n) is 7.05. The summed E-state index contributed by atoms with van der Waals surface area (Å²) in [7, 11) is 0. The zero-order valence-corrected chi connectivity index (χ0v) is 14.7. The third kappa shape index (κ3) is 3.47. The molecule has 0 saturated carbocycles. The average molecular weight is 340 g/mol. The number of rotatable bonds is 4. The van der Waals surface area contributed by atoms with Crippen LogP contribution in [0.25, 0.3) is 0 Å². The molecular weight excluding hydrogens is 316 g/mol. The van der Waals surface area contributed by atoms with Crippen molar-refractivity contribution in [2.45, 2.75) is 54.8 Å². The van der Waals surface area contributed by atoms with Crippen molar-refractivity contribution in [3.8, 4) is 5.75 Å². The summed E-state index contributed by atoms with van der Waals surface area (Å²) in [6.07, 6.45) is 5.55. The van der Waals surface area contributed by atoms with Gasteiger partial charge in [0.05, 0.1) is 5.60 Å². The van der Waals surface area contributed by atoms with Crippen LogP contribution in [-0.2, 0) is 12.2 Å². The first-order valence-corrected chi connectivity index (χ1v) is 9.81. The Labute approximate surface area is 148 Å². The van der Waals surface area contributed by atoms with E-state index in [9.17, 15) is 5.11 Å². The largest absolute Gasteiger partial charge is 0.489 e. The number of fused-ring (bicyclic) bond motifs is 2. The minimum Gasteiger partial charge on any atom is -0.489 e. The summed E-state index contributed by atoms with van der Waals surface area (Å²) in [5.41, 5.74) is 1.49. The predicted octanol–water partition coefficient (Wildman–Crippen LogP) is 4.90. The van der Waals surface area contributed by atoms with Crippen LogP contribution in [0.15, 0.2) is 54.6 Å². The van der Waals surface area contributed by atoms with E-state index in [2.05, 4.69) is 30.0 Å². The second-order valence-corrected chi connectivity index (χ2v) is 8.66. The number of hydrogen-bond acceptors (Lipinski definition) is 3. The molecule has 0 radical (unpaired) electrons. The molecule has 2 fully saturated rings. The summed E-state index contributed by atoms with van der Waals surface area (Å²) < 4.78 is 5.95. The summed E-state index contributed by atoms with van der Waals surface area (Å²) in [5.74, 6) is 0.841. The van der Waals surface area contributed by atoms with E-state index in [1.807, 2.05) is 36.4 Å². The summed E-state index contributed by atoms with van der Waals surface area (Å²) >= 11 is 2.09. The van der Waals surface area contributed by atoms with Crippen molar-refractivity contribution < 1.29 is 9.84 Å². The lowest BCUT2D eigenvalue weighted by atomic mass is 9.80. The minimum atomic E-state index is -0.687. The molecule has 2 atom stereocenters. The molecule has 3 heteroatoms. The maximum absolute atomic E-state index is 11.3. The molecule has 2 unspecified atom stereocenters. The number of thioether (sulfide) groups is 1. The Morgan fingerprint density at radius 2 is 1.75 bits per heavy atom. The molecule has 0 spiro atoms. The van der Waals surface area contributed by atoms with Gasteiger partial charge in [-0.25, -0.2) is 0 Å². The molecule has 126 valence electrons. The lowest BCUT2D eigenvalue weighted by molar-refractivity contribution is 0.00790. The number of hydrogen-bond donors (Lipinski definition) is 1. The monoisotopic (exact) mass is 340 g/mol. The van der Waals surface area contributed by atoms with Crippen LogP contribution in [0.5, 0.6) is 5.75 Å². The van der Waals surface area contributed by atoms with Crippen molar-refractivity contribution in [3.63, 3.8) is 0 Å². The van der Waals surface area contributed by atoms with E-state index in [1.165, 1.54) is 19.3 Å². The van der Waals surface area contributed by atoms with Gasteiger partial charge in [0, 0.05) is 10.5 Å². The van der Waals surface area contributed by atoms with Crippen molar-refractivity contribution in [3.05, 3.63) is 65.7 Å². The average Bonchev–Trinajstić information content (AvgIpc) is 2.61. The Morgan fingerprint density at radius 1 is 1.00 bits per heavy atom. The van der Waals surface area contributed by atoms with E-state index in [4.69, 9.17) is 4.74 Å². The first-order chi connectivity index (χ1) is 11.7. The first-order valence-electron chi connectivity index (χ1n) is 8.86. The summed E-state index contributed by atoms with van der Waals surface area (Å²) in [4.78, 5) is 0. The van der Waals surface area contributed by atoms with Gasteiger partial charge in [0.2, 0.25) is 0 Å². The van der Waals surface area contributed by atoms with E-state index in [-0.39, 0.29) is 0 Å². The van der Waals surface area contributed by atoms with Crippen LogP contribution in [-0.4, -0.2) is 15.6 Å². The maximum atomic E-state index is 11.3. The maximum Gasteiger partial charge on any atom is 0.120 e. The predicted molar refractivity (Wildman–Crippen MR) is 99.4 cm³/mol. The molecule has 2 aliphatic heterocycles. The van der Waals surface area contributed by atoms with Crippen LogP contribution >= 0.6 is 11.8 Å². The van der Waals surface area contributed by atoms with Gasteiger partial charge in [0.1, 0.15) is 12.4 Å². The Hall–Kier alpha value is -1.45. The second kappa shape index (κ2) is 6.81. The fraction of sp³-hybridized carbons (Fsp3) is 0.429. The number of benzene rings is 2. The third-order valence-electron chi connectivity index (χ3n) is 5.19. The van der Waals surface area contributed by atoms with Gasteiger partial charge in [-0.2, -0.15) is 11.8 Å². The Bertz CT molecular complexity index is 673. The molecular formula is C21H24O2S. The van der Waals surface area contributed by atoms with Gasteiger partial charge in [0.15, 0.2) is 0 Å². The van der Waals surface area contributed by atoms with Crippen LogP contribution in [0.4, 0.5) is 0 Å². The van der Waals surface area contributed by atoms with Crippen LogP contribution in [0.2, 0.25) is 0 Å². The summed E-state index contributed by atoms with van der Waals surface area (Å²) in [5, 5.41) is 12.5. The van der Waals surface area contributed by atoms with Crippen molar-refractivity contribution >= 4 is 11.8 Å². The number of aliphatic hydroxyl groups is 1. The molecule has 0 aromatic heterocycles. The molecule has 1 N–H and O–H groups in total. The van der Waals surface area contributed by atoms with Gasteiger partial charge >= 0.3 is 0 Å². The van der Waals surface area contributed by atoms with Gasteiger partial charge in [-0.05, 0) is 48.9 Å². The zero-order chi connectivity index (χ0) is 16.4. The molecule has 2 saturated heterocycles. The molecule has 2 heterocycles. The molecule has 2 aromatic rings. The Kier molecular flexibility index (Phi) is 4.55. The highest BCUT2D eigenvalue weighted by Crippen LogP contribution is 2.49. The van der Waals surface area contributed by atoms with E-state index < -0.39 is 5.60 Å². The fourth-order valence-corrected chi connectivity index (χ4v) is 5.86. The zero-order valence-electron chi connectivity index (χ0n) is 13.9. The smallest absolute Gasteiger partial charge is 0.120 e. The lowest BCUT2D eigenvalue weighted by Gasteiger charge is -2.44. The van der Waals surface area contributed by atoms with Crippen LogP contribution in [0.3, 0.4) is 0 Å². The highest BCUT2D eigenvalue weighted by atomic mass is 32.2. The fourth-order valence-electron chi connectivity index (χ4n) is 3.97. The van der Waals surface area contributed by atoms with E-state index in [1.54, 1.807) is 0 Å². The van der Waals surface area contributed by atoms with Crippen LogP contribution < -0.4 is 4.74 Å². The van der Waals surface area contributed by atoms with Gasteiger partial charge in [-0.1, -0.05) is 48.9 Å². The van der Waals surface area contributed by atoms with Crippen molar-refractivity contribution in [1.82, 2.24) is 0 Å². The SMILES string of the molecule is OC1(c2cccc(OCc3ccccc3)c2)CC2CCCC(C1)S2. The van der Waals surface area contributed by atoms with Crippen LogP contribution in [0.1, 0.15) is 43.2 Å². The standard InChI is InChI=1S/C21H24O2S/c22-21(13-19-10-5-11-20(14-21)24-19)17-8-4-9-18(12-17)23-15-16-6-2-1-3-7-16/h1-4,6-9,12,19-20,22H,5,10-11,13-15H2. The molecule has 4 rings (SSSR count). The highest BCUT2D eigenvalue weighted by molar-refractivity contribution is 8.00. The molecule has 2 bridgehead atoms. The van der Waals surface area contributed by atoms with E-state index >= 15 is 0 Å².